The van der Waals surface area contributed by atoms with Crippen molar-refractivity contribution in [1.29, 1.82) is 0 Å². The smallest absolute Gasteiger partial charge is 0.418 e. The Morgan fingerprint density at radius 2 is 1.57 bits per heavy atom. The molecular weight excluding hydrogens is 530 g/mol. The van der Waals surface area contributed by atoms with Crippen LogP contribution in [0.1, 0.15) is 63.9 Å². The molecule has 0 aliphatic rings. The summed E-state index contributed by atoms with van der Waals surface area (Å²) in [6.07, 6.45) is 2.38. The average Bonchev–Trinajstić information content (AvgIpc) is 3.31. The number of hydrogen-bond acceptors (Lipinski definition) is 6. The molecule has 0 fully saturated rings. The number of methoxy groups -OCH3 is 1. The molecule has 0 aliphatic heterocycles. The van der Waals surface area contributed by atoms with Crippen LogP contribution in [0.5, 0.6) is 5.75 Å². The SMILES string of the molecule is COc1c(C)cnc(CN(C(=O)OC(C)(C)C)c2cc(-c3ccccc3C)cc3c2ccn3C(=O)OC(C)(C)C)c1C. The summed E-state index contributed by atoms with van der Waals surface area (Å²) in [6, 6.07) is 13.7. The van der Waals surface area contributed by atoms with Gasteiger partial charge in [0.05, 0.1) is 30.6 Å². The highest BCUT2D eigenvalue weighted by Crippen LogP contribution is 2.37. The maximum absolute atomic E-state index is 13.9. The van der Waals surface area contributed by atoms with Crippen molar-refractivity contribution in [2.45, 2.75) is 80.1 Å². The first-order valence-corrected chi connectivity index (χ1v) is 14.0. The lowest BCUT2D eigenvalue weighted by Gasteiger charge is -2.29. The second-order valence-electron chi connectivity index (χ2n) is 12.5. The number of carbonyl (C=O) groups is 2. The summed E-state index contributed by atoms with van der Waals surface area (Å²) in [5.74, 6) is 0.721. The van der Waals surface area contributed by atoms with Crippen LogP contribution in [0, 0.1) is 20.8 Å². The zero-order valence-electron chi connectivity index (χ0n) is 26.3. The molecule has 8 heteroatoms. The van der Waals surface area contributed by atoms with E-state index in [2.05, 4.69) is 4.98 Å². The number of aromatic nitrogens is 2. The lowest BCUT2D eigenvalue weighted by Crippen LogP contribution is -2.37. The van der Waals surface area contributed by atoms with E-state index in [1.165, 1.54) is 4.57 Å². The summed E-state index contributed by atoms with van der Waals surface area (Å²) in [5, 5.41) is 0.695. The largest absolute Gasteiger partial charge is 0.496 e. The van der Waals surface area contributed by atoms with Gasteiger partial charge in [-0.15, -0.1) is 0 Å². The zero-order valence-corrected chi connectivity index (χ0v) is 26.3. The van der Waals surface area contributed by atoms with Crippen molar-refractivity contribution in [3.8, 4) is 16.9 Å². The van der Waals surface area contributed by atoms with Crippen LogP contribution in [0.15, 0.2) is 54.9 Å². The number of ether oxygens (including phenoxy) is 3. The van der Waals surface area contributed by atoms with Gasteiger partial charge in [-0.2, -0.15) is 0 Å². The van der Waals surface area contributed by atoms with Crippen LogP contribution in [0.4, 0.5) is 15.3 Å². The van der Waals surface area contributed by atoms with Crippen molar-refractivity contribution in [3.63, 3.8) is 0 Å². The molecule has 42 heavy (non-hydrogen) atoms. The molecule has 0 unspecified atom stereocenters. The van der Waals surface area contributed by atoms with Gasteiger partial charge in [0.25, 0.3) is 0 Å². The van der Waals surface area contributed by atoms with E-state index in [0.717, 1.165) is 33.6 Å². The van der Waals surface area contributed by atoms with Crippen molar-refractivity contribution in [3.05, 3.63) is 77.2 Å². The van der Waals surface area contributed by atoms with Crippen LogP contribution < -0.4 is 9.64 Å². The van der Waals surface area contributed by atoms with Crippen LogP contribution in [-0.2, 0) is 16.0 Å². The quantitative estimate of drug-likeness (QED) is 0.239. The van der Waals surface area contributed by atoms with E-state index in [1.807, 2.05) is 105 Å². The van der Waals surface area contributed by atoms with Crippen molar-refractivity contribution in [1.82, 2.24) is 9.55 Å². The second-order valence-corrected chi connectivity index (χ2v) is 12.5. The highest BCUT2D eigenvalue weighted by molar-refractivity contribution is 6.05. The van der Waals surface area contributed by atoms with E-state index in [0.29, 0.717) is 22.3 Å². The topological polar surface area (TPSA) is 82.9 Å². The van der Waals surface area contributed by atoms with Gasteiger partial charge in [0.15, 0.2) is 0 Å². The minimum absolute atomic E-state index is 0.126. The molecule has 0 saturated carbocycles. The van der Waals surface area contributed by atoms with Crippen molar-refractivity contribution < 1.29 is 23.8 Å². The van der Waals surface area contributed by atoms with Gasteiger partial charge in [0.1, 0.15) is 17.0 Å². The third-order valence-corrected chi connectivity index (χ3v) is 6.79. The molecule has 0 saturated heterocycles. The summed E-state index contributed by atoms with van der Waals surface area (Å²) in [4.78, 5) is 33.5. The number of anilines is 1. The molecule has 2 aromatic carbocycles. The molecule has 0 spiro atoms. The molecule has 2 heterocycles. The molecule has 0 atom stereocenters. The summed E-state index contributed by atoms with van der Waals surface area (Å²) in [6.45, 7) is 17.0. The first kappa shape index (κ1) is 30.6. The number of nitrogens with zero attached hydrogens (tertiary/aromatic N) is 3. The Labute approximate surface area is 248 Å². The van der Waals surface area contributed by atoms with Crippen LogP contribution in [0.25, 0.3) is 22.0 Å². The Morgan fingerprint density at radius 3 is 2.19 bits per heavy atom. The summed E-state index contributed by atoms with van der Waals surface area (Å²) >= 11 is 0. The van der Waals surface area contributed by atoms with Gasteiger partial charge in [0.2, 0.25) is 0 Å². The Balaban J connectivity index is 1.99. The molecular formula is C34H41N3O5. The van der Waals surface area contributed by atoms with Crippen LogP contribution in [-0.4, -0.2) is 40.0 Å². The Bertz CT molecular complexity index is 1640. The molecule has 0 N–H and O–H groups in total. The van der Waals surface area contributed by atoms with Crippen LogP contribution in [0.2, 0.25) is 0 Å². The molecule has 0 aliphatic carbocycles. The number of carbonyl (C=O) groups excluding carboxylic acids is 2. The third kappa shape index (κ3) is 6.59. The number of aryl methyl sites for hydroxylation is 2. The molecule has 222 valence electrons. The zero-order chi connectivity index (χ0) is 31.0. The second kappa shape index (κ2) is 11.5. The lowest BCUT2D eigenvalue weighted by molar-refractivity contribution is 0.0541. The fraction of sp³-hybridized carbons (Fsp3) is 0.382. The van der Waals surface area contributed by atoms with E-state index in [1.54, 1.807) is 24.4 Å². The lowest BCUT2D eigenvalue weighted by atomic mass is 9.98. The van der Waals surface area contributed by atoms with E-state index in [9.17, 15) is 9.59 Å². The van der Waals surface area contributed by atoms with Gasteiger partial charge in [-0.3, -0.25) is 14.5 Å². The van der Waals surface area contributed by atoms with Crippen LogP contribution >= 0.6 is 0 Å². The van der Waals surface area contributed by atoms with Gasteiger partial charge < -0.3 is 14.2 Å². The Hall–Kier alpha value is -4.33. The monoisotopic (exact) mass is 571 g/mol. The average molecular weight is 572 g/mol. The third-order valence-electron chi connectivity index (χ3n) is 6.79. The number of hydrogen-bond donors (Lipinski definition) is 0. The van der Waals surface area contributed by atoms with Crippen molar-refractivity contribution in [2.24, 2.45) is 0 Å². The number of pyridine rings is 1. The van der Waals surface area contributed by atoms with Crippen molar-refractivity contribution >= 4 is 28.8 Å². The normalized spacial score (nSPS) is 11.9. The fourth-order valence-corrected chi connectivity index (χ4v) is 4.91. The van der Waals surface area contributed by atoms with E-state index < -0.39 is 23.4 Å². The molecule has 0 radical (unpaired) electrons. The van der Waals surface area contributed by atoms with Gasteiger partial charge >= 0.3 is 12.2 Å². The molecule has 4 aromatic rings. The summed E-state index contributed by atoms with van der Waals surface area (Å²) in [5.41, 5.74) is 5.07. The highest BCUT2D eigenvalue weighted by atomic mass is 16.6. The predicted octanol–water partition coefficient (Wildman–Crippen LogP) is 8.36. The minimum atomic E-state index is -0.738. The Kier molecular flexibility index (Phi) is 8.39. The Morgan fingerprint density at radius 1 is 0.905 bits per heavy atom. The maximum Gasteiger partial charge on any atom is 0.418 e. The van der Waals surface area contributed by atoms with E-state index >= 15 is 0 Å². The molecule has 1 amide bonds. The minimum Gasteiger partial charge on any atom is -0.496 e. The molecule has 2 aromatic heterocycles. The number of rotatable bonds is 5. The molecule has 8 nitrogen and oxygen atoms in total. The predicted molar refractivity (Wildman–Crippen MR) is 166 cm³/mol. The number of benzene rings is 2. The highest BCUT2D eigenvalue weighted by Gasteiger charge is 2.29. The standard InChI is InChI=1S/C34H41N3O5/c1-21-13-11-12-14-25(21)24-17-28-26(15-16-36(28)31(38)41-33(4,5)6)29(18-24)37(32(39)42-34(7,8)9)20-27-23(3)30(40-10)22(2)19-35-27/h11-19H,20H2,1-10H3. The van der Waals surface area contributed by atoms with Gasteiger partial charge in [-0.05, 0) is 97.2 Å². The van der Waals surface area contributed by atoms with E-state index in [-0.39, 0.29) is 6.54 Å². The first-order chi connectivity index (χ1) is 19.6. The van der Waals surface area contributed by atoms with Gasteiger partial charge in [-0.25, -0.2) is 9.59 Å². The molecule has 4 rings (SSSR count). The van der Waals surface area contributed by atoms with Gasteiger partial charge in [0, 0.05) is 28.9 Å². The van der Waals surface area contributed by atoms with Gasteiger partial charge in [-0.1, -0.05) is 24.3 Å². The van der Waals surface area contributed by atoms with E-state index in [4.69, 9.17) is 14.2 Å². The first-order valence-electron chi connectivity index (χ1n) is 14.0. The molecule has 0 bridgehead atoms. The fourth-order valence-electron chi connectivity index (χ4n) is 4.91. The van der Waals surface area contributed by atoms with Crippen LogP contribution in [0.3, 0.4) is 0 Å². The number of amides is 1. The maximum atomic E-state index is 13.9. The number of fused-ring (bicyclic) bond motifs is 1. The summed E-state index contributed by atoms with van der Waals surface area (Å²) < 4.78 is 18.8. The van der Waals surface area contributed by atoms with Crippen molar-refractivity contribution in [2.75, 3.05) is 12.0 Å². The summed E-state index contributed by atoms with van der Waals surface area (Å²) in [7, 11) is 1.62.